The first-order valence-corrected chi connectivity index (χ1v) is 16.1. The highest BCUT2D eigenvalue weighted by atomic mass is 32.2. The van der Waals surface area contributed by atoms with Crippen LogP contribution in [0.2, 0.25) is 0 Å². The number of fused-ring (bicyclic) bond motifs is 3. The molecular formula is C41H28N4S. The summed E-state index contributed by atoms with van der Waals surface area (Å²) < 4.78 is 0. The molecule has 2 heterocycles. The van der Waals surface area contributed by atoms with Crippen LogP contribution >= 0.6 is 11.8 Å². The molecule has 218 valence electrons. The predicted molar refractivity (Wildman–Crippen MR) is 186 cm³/mol. The highest BCUT2D eigenvalue weighted by Gasteiger charge is 2.34. The van der Waals surface area contributed by atoms with Crippen molar-refractivity contribution in [3.05, 3.63) is 150 Å². The second-order valence-corrected chi connectivity index (χ2v) is 13.0. The maximum Gasteiger partial charge on any atom is 0.164 e. The van der Waals surface area contributed by atoms with Gasteiger partial charge in [0.25, 0.3) is 0 Å². The summed E-state index contributed by atoms with van der Waals surface area (Å²) >= 11 is 1.69. The molecule has 0 unspecified atom stereocenters. The molecule has 0 saturated carbocycles. The van der Waals surface area contributed by atoms with Gasteiger partial charge in [0.2, 0.25) is 0 Å². The molecule has 0 saturated heterocycles. The minimum atomic E-state index is -0.244. The number of hydrogen-bond donors (Lipinski definition) is 0. The standard InChI is InChI=1S/C41H28N4S/c1-41(2)33-23-21-29(24-35(33)46-37-30(25-42)17-11-19-34(37)41)36-31-18-10-9-12-26(31)20-22-32(36)40-44-38(27-13-5-3-6-14-27)43-39(45-40)28-15-7-4-8-16-28/h3-24H,1-2H3. The normalized spacial score (nSPS) is 13.1. The Hall–Kier alpha value is -5.57. The fourth-order valence-electron chi connectivity index (χ4n) is 6.46. The average molecular weight is 609 g/mol. The van der Waals surface area contributed by atoms with Crippen molar-refractivity contribution >= 4 is 22.5 Å². The van der Waals surface area contributed by atoms with Gasteiger partial charge in [0, 0.05) is 37.5 Å². The van der Waals surface area contributed by atoms with E-state index in [1.165, 1.54) is 11.1 Å². The van der Waals surface area contributed by atoms with Crippen LogP contribution in [0.25, 0.3) is 56.1 Å². The first-order chi connectivity index (χ1) is 22.5. The van der Waals surface area contributed by atoms with Crippen molar-refractivity contribution in [3.63, 3.8) is 0 Å². The lowest BCUT2D eigenvalue weighted by molar-refractivity contribution is 0.607. The molecule has 1 aromatic heterocycles. The number of benzene rings is 6. The van der Waals surface area contributed by atoms with E-state index in [0.717, 1.165) is 48.4 Å². The van der Waals surface area contributed by atoms with Crippen molar-refractivity contribution in [1.29, 1.82) is 5.26 Å². The van der Waals surface area contributed by atoms with Gasteiger partial charge in [-0.1, -0.05) is 141 Å². The number of nitriles is 1. The molecule has 8 rings (SSSR count). The predicted octanol–water partition coefficient (Wildman–Crippen LogP) is 10.4. The number of aromatic nitrogens is 3. The van der Waals surface area contributed by atoms with E-state index in [1.807, 2.05) is 72.8 Å². The monoisotopic (exact) mass is 608 g/mol. The third-order valence-electron chi connectivity index (χ3n) is 8.83. The summed E-state index contributed by atoms with van der Waals surface area (Å²) in [5.41, 5.74) is 7.87. The minimum Gasteiger partial charge on any atom is -0.208 e. The van der Waals surface area contributed by atoms with Crippen LogP contribution in [0.3, 0.4) is 0 Å². The van der Waals surface area contributed by atoms with Gasteiger partial charge in [-0.05, 0) is 45.7 Å². The Morgan fingerprint density at radius 3 is 1.93 bits per heavy atom. The third kappa shape index (κ3) is 4.67. The maximum atomic E-state index is 9.95. The number of nitrogens with zero attached hydrogens (tertiary/aromatic N) is 4. The smallest absolute Gasteiger partial charge is 0.164 e. The van der Waals surface area contributed by atoms with E-state index in [9.17, 15) is 5.26 Å². The van der Waals surface area contributed by atoms with Gasteiger partial charge >= 0.3 is 0 Å². The molecule has 0 radical (unpaired) electrons. The quantitative estimate of drug-likeness (QED) is 0.199. The topological polar surface area (TPSA) is 62.5 Å². The van der Waals surface area contributed by atoms with Gasteiger partial charge in [-0.25, -0.2) is 15.0 Å². The Kier molecular flexibility index (Phi) is 6.74. The molecule has 0 fully saturated rings. The summed E-state index contributed by atoms with van der Waals surface area (Å²) in [6.45, 7) is 4.49. The molecule has 0 atom stereocenters. The Morgan fingerprint density at radius 1 is 0.587 bits per heavy atom. The molecule has 0 spiro atoms. The molecule has 0 bridgehead atoms. The fraction of sp³-hybridized carbons (Fsp3) is 0.0732. The van der Waals surface area contributed by atoms with Crippen molar-refractivity contribution < 1.29 is 0 Å². The SMILES string of the molecule is CC1(C)c2ccc(-c3c(-c4nc(-c5ccccc5)nc(-c5ccccc5)n4)ccc4ccccc34)cc2Sc2c(C#N)cccc21. The minimum absolute atomic E-state index is 0.244. The zero-order valence-electron chi connectivity index (χ0n) is 25.4. The maximum absolute atomic E-state index is 9.95. The number of hydrogen-bond acceptors (Lipinski definition) is 5. The fourth-order valence-corrected chi connectivity index (χ4v) is 7.95. The Morgan fingerprint density at radius 2 is 1.24 bits per heavy atom. The zero-order chi connectivity index (χ0) is 31.3. The van der Waals surface area contributed by atoms with Crippen LogP contribution in [0.5, 0.6) is 0 Å². The van der Waals surface area contributed by atoms with E-state index >= 15 is 0 Å². The number of rotatable bonds is 4. The summed E-state index contributed by atoms with van der Waals surface area (Å²) in [6, 6.07) is 48.1. The largest absolute Gasteiger partial charge is 0.208 e. The van der Waals surface area contributed by atoms with Crippen molar-refractivity contribution in [1.82, 2.24) is 15.0 Å². The first-order valence-electron chi connectivity index (χ1n) is 15.3. The highest BCUT2D eigenvalue weighted by molar-refractivity contribution is 7.99. The third-order valence-corrected chi connectivity index (χ3v) is 10.0. The van der Waals surface area contributed by atoms with Crippen LogP contribution in [0.15, 0.2) is 143 Å². The van der Waals surface area contributed by atoms with E-state index in [2.05, 4.69) is 80.6 Å². The van der Waals surface area contributed by atoms with Crippen LogP contribution in [-0.4, -0.2) is 15.0 Å². The van der Waals surface area contributed by atoms with E-state index < -0.39 is 0 Å². The molecule has 1 aliphatic rings. The summed E-state index contributed by atoms with van der Waals surface area (Å²) in [5, 5.41) is 12.2. The lowest BCUT2D eigenvalue weighted by Crippen LogP contribution is -2.24. The van der Waals surface area contributed by atoms with Gasteiger partial charge in [-0.15, -0.1) is 0 Å². The molecule has 0 N–H and O–H groups in total. The summed E-state index contributed by atoms with van der Waals surface area (Å²) in [5.74, 6) is 1.88. The molecule has 0 amide bonds. The van der Waals surface area contributed by atoms with Gasteiger partial charge in [0.1, 0.15) is 6.07 Å². The summed E-state index contributed by atoms with van der Waals surface area (Å²) in [4.78, 5) is 17.3. The van der Waals surface area contributed by atoms with Crippen LogP contribution in [0, 0.1) is 11.3 Å². The Labute approximate surface area is 272 Å². The van der Waals surface area contributed by atoms with Crippen molar-refractivity contribution in [3.8, 4) is 51.4 Å². The Balaban J connectivity index is 1.37. The Bertz CT molecular complexity index is 2260. The zero-order valence-corrected chi connectivity index (χ0v) is 26.2. The molecule has 5 heteroatoms. The van der Waals surface area contributed by atoms with Gasteiger partial charge < -0.3 is 0 Å². The molecular weight excluding hydrogens is 581 g/mol. The van der Waals surface area contributed by atoms with Crippen LogP contribution in [0.1, 0.15) is 30.5 Å². The highest BCUT2D eigenvalue weighted by Crippen LogP contribution is 2.51. The van der Waals surface area contributed by atoms with Crippen molar-refractivity contribution in [2.75, 3.05) is 0 Å². The van der Waals surface area contributed by atoms with Gasteiger partial charge in [-0.3, -0.25) is 0 Å². The van der Waals surface area contributed by atoms with E-state index in [-0.39, 0.29) is 5.41 Å². The summed E-state index contributed by atoms with van der Waals surface area (Å²) in [7, 11) is 0. The molecule has 1 aliphatic heterocycles. The van der Waals surface area contributed by atoms with E-state index in [0.29, 0.717) is 23.0 Å². The molecule has 6 aromatic carbocycles. The van der Waals surface area contributed by atoms with E-state index in [4.69, 9.17) is 15.0 Å². The van der Waals surface area contributed by atoms with Crippen LogP contribution in [-0.2, 0) is 5.41 Å². The molecule has 4 nitrogen and oxygen atoms in total. The lowest BCUT2D eigenvalue weighted by atomic mass is 9.76. The second kappa shape index (κ2) is 11.1. The molecule has 7 aromatic rings. The van der Waals surface area contributed by atoms with Crippen molar-refractivity contribution in [2.24, 2.45) is 0 Å². The summed E-state index contributed by atoms with van der Waals surface area (Å²) in [6.07, 6.45) is 0. The van der Waals surface area contributed by atoms with Gasteiger partial charge in [0.05, 0.1) is 5.56 Å². The average Bonchev–Trinajstić information content (AvgIpc) is 3.11. The van der Waals surface area contributed by atoms with Crippen LogP contribution < -0.4 is 0 Å². The van der Waals surface area contributed by atoms with Gasteiger partial charge in [0.15, 0.2) is 17.5 Å². The van der Waals surface area contributed by atoms with Crippen molar-refractivity contribution in [2.45, 2.75) is 29.1 Å². The lowest BCUT2D eigenvalue weighted by Gasteiger charge is -2.35. The van der Waals surface area contributed by atoms with Gasteiger partial charge in [-0.2, -0.15) is 5.26 Å². The molecule has 0 aliphatic carbocycles. The second-order valence-electron chi connectivity index (χ2n) is 12.0. The molecule has 46 heavy (non-hydrogen) atoms. The van der Waals surface area contributed by atoms with E-state index in [1.54, 1.807) is 11.8 Å². The first kappa shape index (κ1) is 27.9. The van der Waals surface area contributed by atoms with Crippen LogP contribution in [0.4, 0.5) is 0 Å².